The van der Waals surface area contributed by atoms with Crippen molar-refractivity contribution in [1.29, 1.82) is 0 Å². The molecule has 1 aliphatic rings. The molecule has 0 aliphatic carbocycles. The number of hydrogen-bond acceptors (Lipinski definition) is 3. The number of rotatable bonds is 5. The molecular formula is C20H30N2O3. The molecule has 1 aliphatic heterocycles. The summed E-state index contributed by atoms with van der Waals surface area (Å²) in [7, 11) is 0. The van der Waals surface area contributed by atoms with Crippen LogP contribution >= 0.6 is 0 Å². The van der Waals surface area contributed by atoms with E-state index in [0.717, 1.165) is 24.9 Å². The molecule has 25 heavy (non-hydrogen) atoms. The topological polar surface area (TPSA) is 69.6 Å². The Hall–Kier alpha value is -1.88. The smallest absolute Gasteiger partial charge is 0.225 e. The number of hydrogen-bond donors (Lipinski definition) is 2. The van der Waals surface area contributed by atoms with Gasteiger partial charge in [0.05, 0.1) is 12.5 Å². The number of nitrogens with one attached hydrogen (secondary N) is 1. The summed E-state index contributed by atoms with van der Waals surface area (Å²) in [5.41, 5.74) is 0.367. The molecule has 0 radical (unpaired) electrons. The first-order chi connectivity index (χ1) is 11.8. The highest BCUT2D eigenvalue weighted by molar-refractivity contribution is 5.81. The molecule has 1 aromatic carbocycles. The van der Waals surface area contributed by atoms with Crippen molar-refractivity contribution in [1.82, 2.24) is 10.2 Å². The third-order valence-corrected chi connectivity index (χ3v) is 4.66. The van der Waals surface area contributed by atoms with Gasteiger partial charge in [-0.15, -0.1) is 0 Å². The lowest BCUT2D eigenvalue weighted by Crippen LogP contribution is -2.45. The number of benzene rings is 1. The van der Waals surface area contributed by atoms with E-state index in [1.807, 2.05) is 56.0 Å². The zero-order valence-electron chi connectivity index (χ0n) is 15.5. The average Bonchev–Trinajstić information content (AvgIpc) is 2.59. The molecule has 2 N–H and O–H groups in total. The minimum atomic E-state index is -0.769. The third kappa shape index (κ3) is 5.85. The number of carbonyl (C=O) groups excluding carboxylic acids is 2. The Balaban J connectivity index is 1.83. The maximum atomic E-state index is 12.5. The van der Waals surface area contributed by atoms with Crippen molar-refractivity contribution in [2.45, 2.75) is 46.1 Å². The molecule has 1 saturated heterocycles. The summed E-state index contributed by atoms with van der Waals surface area (Å²) in [4.78, 5) is 26.3. The monoisotopic (exact) mass is 346 g/mol. The van der Waals surface area contributed by atoms with Crippen LogP contribution in [0.2, 0.25) is 0 Å². The predicted octanol–water partition coefficient (Wildman–Crippen LogP) is 2.51. The molecule has 2 amide bonds. The fraction of sp³-hybridized carbons (Fsp3) is 0.600. The van der Waals surface area contributed by atoms with Crippen molar-refractivity contribution in [3.63, 3.8) is 0 Å². The van der Waals surface area contributed by atoms with Crippen LogP contribution in [0.5, 0.6) is 0 Å². The number of aliphatic hydroxyl groups excluding tert-OH is 1. The van der Waals surface area contributed by atoms with E-state index in [4.69, 9.17) is 0 Å². The molecule has 138 valence electrons. The van der Waals surface area contributed by atoms with Crippen LogP contribution in [0.15, 0.2) is 30.3 Å². The Kier molecular flexibility index (Phi) is 6.59. The van der Waals surface area contributed by atoms with Gasteiger partial charge in [-0.1, -0.05) is 51.1 Å². The zero-order valence-corrected chi connectivity index (χ0v) is 15.5. The van der Waals surface area contributed by atoms with E-state index in [9.17, 15) is 14.7 Å². The molecule has 0 bridgehead atoms. The van der Waals surface area contributed by atoms with Crippen molar-refractivity contribution >= 4 is 11.8 Å². The number of aliphatic hydroxyl groups is 1. The Bertz CT molecular complexity index is 580. The Morgan fingerprint density at radius 2 is 1.96 bits per heavy atom. The van der Waals surface area contributed by atoms with Gasteiger partial charge in [-0.2, -0.15) is 0 Å². The number of likely N-dealkylation sites (tertiary alicyclic amines) is 1. The van der Waals surface area contributed by atoms with Crippen LogP contribution in [-0.4, -0.2) is 41.5 Å². The lowest BCUT2D eigenvalue weighted by atomic mass is 9.93. The molecule has 0 aromatic heterocycles. The first kappa shape index (κ1) is 19.4. The highest BCUT2D eigenvalue weighted by atomic mass is 16.3. The minimum absolute atomic E-state index is 0.0248. The Morgan fingerprint density at radius 3 is 2.60 bits per heavy atom. The molecule has 1 heterocycles. The summed E-state index contributed by atoms with van der Waals surface area (Å²) in [6.45, 7) is 7.65. The predicted molar refractivity (Wildman–Crippen MR) is 97.8 cm³/mol. The summed E-state index contributed by atoms with van der Waals surface area (Å²) >= 11 is 0. The van der Waals surface area contributed by atoms with Gasteiger partial charge in [-0.3, -0.25) is 9.59 Å². The van der Waals surface area contributed by atoms with Gasteiger partial charge in [-0.25, -0.2) is 0 Å². The van der Waals surface area contributed by atoms with Crippen LogP contribution in [0.1, 0.15) is 51.7 Å². The third-order valence-electron chi connectivity index (χ3n) is 4.66. The molecule has 1 aromatic rings. The molecule has 2 rings (SSSR count). The zero-order chi connectivity index (χ0) is 18.4. The van der Waals surface area contributed by atoms with Crippen LogP contribution in [-0.2, 0) is 9.59 Å². The highest BCUT2D eigenvalue weighted by Gasteiger charge is 2.27. The number of amides is 2. The SMILES string of the molecule is CC(C)(C)C(=O)NCC1CCCN(C(=O)CC(O)c2ccccc2)C1. The quantitative estimate of drug-likeness (QED) is 0.861. The van der Waals surface area contributed by atoms with Gasteiger partial charge < -0.3 is 15.3 Å². The normalized spacial score (nSPS) is 19.4. The number of nitrogens with zero attached hydrogens (tertiary/aromatic N) is 1. The van der Waals surface area contributed by atoms with E-state index in [2.05, 4.69) is 5.32 Å². The van der Waals surface area contributed by atoms with Gasteiger partial charge in [-0.05, 0) is 24.3 Å². The second-order valence-electron chi connectivity index (χ2n) is 7.94. The molecule has 2 atom stereocenters. The lowest BCUT2D eigenvalue weighted by Gasteiger charge is -2.34. The van der Waals surface area contributed by atoms with Crippen LogP contribution in [0.3, 0.4) is 0 Å². The van der Waals surface area contributed by atoms with E-state index < -0.39 is 11.5 Å². The fourth-order valence-electron chi connectivity index (χ4n) is 3.05. The molecule has 5 heteroatoms. The Labute approximate surface area is 150 Å². The molecule has 0 saturated carbocycles. The minimum Gasteiger partial charge on any atom is -0.388 e. The van der Waals surface area contributed by atoms with Crippen molar-refractivity contribution < 1.29 is 14.7 Å². The lowest BCUT2D eigenvalue weighted by molar-refractivity contribution is -0.135. The maximum absolute atomic E-state index is 12.5. The second-order valence-corrected chi connectivity index (χ2v) is 7.94. The largest absolute Gasteiger partial charge is 0.388 e. The average molecular weight is 346 g/mol. The van der Waals surface area contributed by atoms with E-state index in [-0.39, 0.29) is 24.2 Å². The fourth-order valence-corrected chi connectivity index (χ4v) is 3.05. The van der Waals surface area contributed by atoms with Crippen molar-refractivity contribution in [3.8, 4) is 0 Å². The summed E-state index contributed by atoms with van der Waals surface area (Å²) in [5, 5.41) is 13.2. The Morgan fingerprint density at radius 1 is 1.28 bits per heavy atom. The van der Waals surface area contributed by atoms with E-state index in [1.165, 1.54) is 0 Å². The van der Waals surface area contributed by atoms with Gasteiger partial charge in [0.2, 0.25) is 11.8 Å². The van der Waals surface area contributed by atoms with E-state index in [1.54, 1.807) is 0 Å². The number of carbonyl (C=O) groups is 2. The molecule has 0 spiro atoms. The van der Waals surface area contributed by atoms with Crippen LogP contribution in [0, 0.1) is 11.3 Å². The summed E-state index contributed by atoms with van der Waals surface area (Å²) in [5.74, 6) is 0.288. The number of piperidine rings is 1. The van der Waals surface area contributed by atoms with Crippen LogP contribution in [0.4, 0.5) is 0 Å². The van der Waals surface area contributed by atoms with Crippen LogP contribution < -0.4 is 5.32 Å². The summed E-state index contributed by atoms with van der Waals surface area (Å²) < 4.78 is 0. The molecular weight excluding hydrogens is 316 g/mol. The van der Waals surface area contributed by atoms with Crippen molar-refractivity contribution in [3.05, 3.63) is 35.9 Å². The standard InChI is InChI=1S/C20H30N2O3/c1-20(2,3)19(25)21-13-15-8-7-11-22(14-15)18(24)12-17(23)16-9-5-4-6-10-16/h4-6,9-10,15,17,23H,7-8,11-14H2,1-3H3,(H,21,25). The van der Waals surface area contributed by atoms with Gasteiger partial charge in [0, 0.05) is 25.0 Å². The van der Waals surface area contributed by atoms with E-state index in [0.29, 0.717) is 13.1 Å². The van der Waals surface area contributed by atoms with Crippen LogP contribution in [0.25, 0.3) is 0 Å². The maximum Gasteiger partial charge on any atom is 0.225 e. The molecule has 1 fully saturated rings. The van der Waals surface area contributed by atoms with Gasteiger partial charge >= 0.3 is 0 Å². The van der Waals surface area contributed by atoms with Crippen molar-refractivity contribution in [2.24, 2.45) is 11.3 Å². The first-order valence-electron chi connectivity index (χ1n) is 9.06. The molecule has 5 nitrogen and oxygen atoms in total. The summed E-state index contributed by atoms with van der Waals surface area (Å²) in [6, 6.07) is 9.27. The first-order valence-corrected chi connectivity index (χ1v) is 9.06. The van der Waals surface area contributed by atoms with Gasteiger partial charge in [0.1, 0.15) is 0 Å². The summed E-state index contributed by atoms with van der Waals surface area (Å²) in [6.07, 6.45) is 1.28. The van der Waals surface area contributed by atoms with Crippen molar-refractivity contribution in [2.75, 3.05) is 19.6 Å². The highest BCUT2D eigenvalue weighted by Crippen LogP contribution is 2.21. The van der Waals surface area contributed by atoms with E-state index >= 15 is 0 Å². The molecule has 2 unspecified atom stereocenters. The van der Waals surface area contributed by atoms with Gasteiger partial charge in [0.25, 0.3) is 0 Å². The second kappa shape index (κ2) is 8.48. The van der Waals surface area contributed by atoms with Gasteiger partial charge in [0.15, 0.2) is 0 Å².